The van der Waals surface area contributed by atoms with Gasteiger partial charge in [-0.15, -0.1) is 0 Å². The van der Waals surface area contributed by atoms with Crippen molar-refractivity contribution < 1.29 is 78.9 Å². The second kappa shape index (κ2) is 15.9. The van der Waals surface area contributed by atoms with Crippen molar-refractivity contribution >= 4 is 11.9 Å². The largest absolute Gasteiger partial charge is 1.00 e. The van der Waals surface area contributed by atoms with Gasteiger partial charge in [0.05, 0.1) is 0 Å². The molecule has 0 rings (SSSR count). The van der Waals surface area contributed by atoms with E-state index in [0.29, 0.717) is 26.2 Å². The van der Waals surface area contributed by atoms with E-state index in [2.05, 4.69) is 10.6 Å². The molecule has 0 aliphatic rings. The van der Waals surface area contributed by atoms with Crippen LogP contribution >= 0.6 is 0 Å². The molecule has 0 atom stereocenters. The normalized spacial score (nSPS) is 8.75. The number of hydrogen-bond acceptors (Lipinski definition) is 6. The molecule has 0 aliphatic carbocycles. The Morgan fingerprint density at radius 2 is 1.06 bits per heavy atom. The Kier molecular flexibility index (Phi) is 21.9. The molecule has 0 aliphatic heterocycles. The third-order valence-electron chi connectivity index (χ3n) is 1.49. The molecule has 0 fully saturated rings. The van der Waals surface area contributed by atoms with E-state index in [9.17, 15) is 19.8 Å². The van der Waals surface area contributed by atoms with Gasteiger partial charge in [-0.25, -0.2) is 0 Å². The number of hydrogen-bond donors (Lipinski definition) is 2. The summed E-state index contributed by atoms with van der Waals surface area (Å²) in [6, 6.07) is 0. The van der Waals surface area contributed by atoms with Crippen LogP contribution in [0.2, 0.25) is 0 Å². The Balaban J connectivity index is -0.000000845. The zero-order valence-corrected chi connectivity index (χ0v) is 13.9. The van der Waals surface area contributed by atoms with E-state index >= 15 is 0 Å². The molecule has 82 valence electrons. The number of carboxylic acid groups (broad SMARTS) is 2. The first-order chi connectivity index (χ1) is 6.63. The Morgan fingerprint density at radius 1 is 0.750 bits per heavy atom. The fourth-order valence-electron chi connectivity index (χ4n) is 0.808. The average molecular weight is 248 g/mol. The van der Waals surface area contributed by atoms with Crippen LogP contribution in [0.5, 0.6) is 0 Å². The zero-order valence-electron chi connectivity index (χ0n) is 9.88. The van der Waals surface area contributed by atoms with Gasteiger partial charge in [0.25, 0.3) is 0 Å². The Morgan fingerprint density at radius 3 is 1.31 bits per heavy atom. The number of aliphatic carboxylic acids is 2. The molecule has 0 aromatic carbocycles. The minimum absolute atomic E-state index is 0. The van der Waals surface area contributed by atoms with Crippen LogP contribution in [0.25, 0.3) is 0 Å². The molecule has 0 saturated heterocycles. The molecule has 2 N–H and O–H groups in total. The summed E-state index contributed by atoms with van der Waals surface area (Å²) in [5.74, 6) is -2.16. The summed E-state index contributed by atoms with van der Waals surface area (Å²) in [4.78, 5) is 19.9. The van der Waals surface area contributed by atoms with Gasteiger partial charge in [-0.3, -0.25) is 0 Å². The van der Waals surface area contributed by atoms with Gasteiger partial charge in [-0.05, 0) is 12.8 Å². The molecule has 0 aromatic rings. The quantitative estimate of drug-likeness (QED) is 0.310. The molecule has 0 aromatic heterocycles. The number of carbonyl (C=O) groups is 2. The molecule has 0 heterocycles. The summed E-state index contributed by atoms with van der Waals surface area (Å²) in [7, 11) is 0. The molecule has 16 heavy (non-hydrogen) atoms. The average Bonchev–Trinajstić information content (AvgIpc) is 2.08. The molecule has 6 nitrogen and oxygen atoms in total. The minimum Gasteiger partial charge on any atom is -0.550 e. The number of rotatable bonds is 9. The second-order valence-electron chi connectivity index (χ2n) is 2.74. The second-order valence-corrected chi connectivity index (χ2v) is 2.74. The van der Waals surface area contributed by atoms with Gasteiger partial charge in [-0.2, -0.15) is 0 Å². The van der Waals surface area contributed by atoms with Gasteiger partial charge < -0.3 is 30.4 Å². The molecular formula is C8H14N2Na2O4. The smallest absolute Gasteiger partial charge is 0.550 e. The number of carboxylic acids is 2. The molecule has 8 heteroatoms. The van der Waals surface area contributed by atoms with Gasteiger partial charge >= 0.3 is 59.1 Å². The van der Waals surface area contributed by atoms with Crippen molar-refractivity contribution in [3.8, 4) is 0 Å². The molecular weight excluding hydrogens is 234 g/mol. The van der Waals surface area contributed by atoms with Crippen molar-refractivity contribution in [1.82, 2.24) is 10.6 Å². The standard InChI is InChI=1S/C8H16N2O4.2Na/c11-7(12)1-3-9-5-6-10-4-2-8(13)14;;/h9-10H,1-6H2,(H,11,12)(H,13,14);;/q;2*+1/p-2. The van der Waals surface area contributed by atoms with Gasteiger partial charge in [0, 0.05) is 38.1 Å². The third kappa shape index (κ3) is 20.3. The van der Waals surface area contributed by atoms with Gasteiger partial charge in [0.1, 0.15) is 0 Å². The van der Waals surface area contributed by atoms with Crippen LogP contribution in [-0.2, 0) is 9.59 Å². The van der Waals surface area contributed by atoms with E-state index in [1.54, 1.807) is 0 Å². The van der Waals surface area contributed by atoms with Crippen LogP contribution in [0.4, 0.5) is 0 Å². The van der Waals surface area contributed by atoms with Gasteiger partial charge in [0.2, 0.25) is 0 Å². The van der Waals surface area contributed by atoms with E-state index in [-0.39, 0.29) is 72.0 Å². The Bertz CT molecular complexity index is 173. The molecule has 0 spiro atoms. The van der Waals surface area contributed by atoms with E-state index in [1.165, 1.54) is 0 Å². The maximum absolute atomic E-state index is 9.97. The summed E-state index contributed by atoms with van der Waals surface area (Å²) >= 11 is 0. The van der Waals surface area contributed by atoms with Crippen molar-refractivity contribution in [3.05, 3.63) is 0 Å². The molecule has 0 amide bonds. The molecule has 0 radical (unpaired) electrons. The third-order valence-corrected chi connectivity index (χ3v) is 1.49. The molecule has 0 saturated carbocycles. The zero-order chi connectivity index (χ0) is 10.8. The molecule has 0 bridgehead atoms. The monoisotopic (exact) mass is 248 g/mol. The predicted octanol–water partition coefficient (Wildman–Crippen LogP) is -9.55. The van der Waals surface area contributed by atoms with E-state index < -0.39 is 11.9 Å². The number of carbonyl (C=O) groups excluding carboxylic acids is 2. The van der Waals surface area contributed by atoms with Gasteiger partial charge in [0.15, 0.2) is 0 Å². The maximum Gasteiger partial charge on any atom is 1.00 e. The number of nitrogens with one attached hydrogen (secondary N) is 2. The maximum atomic E-state index is 9.97. The van der Waals surface area contributed by atoms with Crippen LogP contribution in [0.3, 0.4) is 0 Å². The van der Waals surface area contributed by atoms with Crippen molar-refractivity contribution in [3.63, 3.8) is 0 Å². The summed E-state index contributed by atoms with van der Waals surface area (Å²) in [5.41, 5.74) is 0. The molecule has 0 unspecified atom stereocenters. The summed E-state index contributed by atoms with van der Waals surface area (Å²) in [6.07, 6.45) is -0.0297. The van der Waals surface area contributed by atoms with Crippen LogP contribution in [0.1, 0.15) is 12.8 Å². The van der Waals surface area contributed by atoms with E-state index in [0.717, 1.165) is 0 Å². The first-order valence-corrected chi connectivity index (χ1v) is 4.44. The van der Waals surface area contributed by atoms with Crippen LogP contribution in [0.15, 0.2) is 0 Å². The van der Waals surface area contributed by atoms with Crippen molar-refractivity contribution in [2.24, 2.45) is 0 Å². The van der Waals surface area contributed by atoms with Crippen LogP contribution < -0.4 is 80.0 Å². The fraction of sp³-hybridized carbons (Fsp3) is 0.750. The first-order valence-electron chi connectivity index (χ1n) is 4.44. The Labute approximate surface area is 139 Å². The van der Waals surface area contributed by atoms with E-state index in [1.807, 2.05) is 0 Å². The van der Waals surface area contributed by atoms with Crippen molar-refractivity contribution in [1.29, 1.82) is 0 Å². The topological polar surface area (TPSA) is 104 Å². The van der Waals surface area contributed by atoms with Gasteiger partial charge in [-0.1, -0.05) is 0 Å². The predicted molar refractivity (Wildman–Crippen MR) is 45.0 cm³/mol. The summed E-state index contributed by atoms with van der Waals surface area (Å²) in [5, 5.41) is 25.7. The summed E-state index contributed by atoms with van der Waals surface area (Å²) in [6.45, 7) is 1.93. The van der Waals surface area contributed by atoms with Crippen molar-refractivity contribution in [2.45, 2.75) is 12.8 Å². The minimum atomic E-state index is -1.08. The summed E-state index contributed by atoms with van der Waals surface area (Å²) < 4.78 is 0. The fourth-order valence-corrected chi connectivity index (χ4v) is 0.808. The van der Waals surface area contributed by atoms with Crippen LogP contribution in [-0.4, -0.2) is 38.1 Å². The van der Waals surface area contributed by atoms with Crippen LogP contribution in [0, 0.1) is 0 Å². The first kappa shape index (κ1) is 22.1. The SMILES string of the molecule is O=C([O-])CCNCCNCCC(=O)[O-].[Na+].[Na+]. The van der Waals surface area contributed by atoms with Crippen molar-refractivity contribution in [2.75, 3.05) is 26.2 Å². The van der Waals surface area contributed by atoms with E-state index in [4.69, 9.17) is 0 Å². The Hall–Kier alpha value is 0.860.